The monoisotopic (exact) mass is 364 g/mol. The van der Waals surface area contributed by atoms with Crippen molar-refractivity contribution in [1.82, 2.24) is 0 Å². The molecule has 0 spiro atoms. The van der Waals surface area contributed by atoms with Gasteiger partial charge in [0.1, 0.15) is 0 Å². The van der Waals surface area contributed by atoms with Crippen LogP contribution in [0.1, 0.15) is 149 Å². The summed E-state index contributed by atoms with van der Waals surface area (Å²) in [5.74, 6) is 1.00. The molecule has 0 aliphatic carbocycles. The van der Waals surface area contributed by atoms with Crippen LogP contribution in [0.3, 0.4) is 0 Å². The predicted molar refractivity (Wildman–Crippen MR) is 122 cm³/mol. The van der Waals surface area contributed by atoms with E-state index in [1.807, 2.05) is 0 Å². The van der Waals surface area contributed by atoms with Crippen LogP contribution in [0.15, 0.2) is 12.2 Å². The number of rotatable bonds is 21. The van der Waals surface area contributed by atoms with E-state index in [0.29, 0.717) is 0 Å². The number of hydrogen-bond donors (Lipinski definition) is 0. The molecule has 0 radical (unpaired) electrons. The molecule has 0 aromatic rings. The van der Waals surface area contributed by atoms with Crippen molar-refractivity contribution < 1.29 is 0 Å². The van der Waals surface area contributed by atoms with Gasteiger partial charge in [-0.25, -0.2) is 0 Å². The van der Waals surface area contributed by atoms with Gasteiger partial charge in [-0.2, -0.15) is 0 Å². The SMILES string of the molecule is CCCCCCCCC=CCCCC(CCC)CCCCCCCCC. The number of unbranched alkanes of at least 4 members (excludes halogenated alkanes) is 13. The molecule has 26 heavy (non-hydrogen) atoms. The van der Waals surface area contributed by atoms with Gasteiger partial charge in [-0.15, -0.1) is 0 Å². The molecule has 0 amide bonds. The summed E-state index contributed by atoms with van der Waals surface area (Å²) in [5, 5.41) is 0. The van der Waals surface area contributed by atoms with E-state index < -0.39 is 0 Å². The van der Waals surface area contributed by atoms with Crippen LogP contribution in [0.25, 0.3) is 0 Å². The molecule has 0 N–H and O–H groups in total. The first-order chi connectivity index (χ1) is 12.8. The number of allylic oxidation sites excluding steroid dienone is 2. The van der Waals surface area contributed by atoms with Crippen molar-refractivity contribution in [1.29, 1.82) is 0 Å². The first-order valence-corrected chi connectivity index (χ1v) is 12.5. The van der Waals surface area contributed by atoms with Gasteiger partial charge < -0.3 is 0 Å². The van der Waals surface area contributed by atoms with Crippen LogP contribution in [0.4, 0.5) is 0 Å². The lowest BCUT2D eigenvalue weighted by Crippen LogP contribution is -2.00. The van der Waals surface area contributed by atoms with Gasteiger partial charge in [0.15, 0.2) is 0 Å². The van der Waals surface area contributed by atoms with E-state index in [1.165, 1.54) is 128 Å². The standard InChI is InChI=1S/C26H52/c1-4-7-9-11-13-14-15-16-18-20-22-25-26(23-6-3)24-21-19-17-12-10-8-5-2/h16,18,26H,4-15,17,19-25H2,1-3H3. The van der Waals surface area contributed by atoms with E-state index in [4.69, 9.17) is 0 Å². The second-order valence-corrected chi connectivity index (χ2v) is 8.52. The maximum Gasteiger partial charge on any atom is -0.0351 e. The Kier molecular flexibility index (Phi) is 22.6. The minimum atomic E-state index is 1.00. The van der Waals surface area contributed by atoms with Gasteiger partial charge in [0.2, 0.25) is 0 Å². The summed E-state index contributed by atoms with van der Waals surface area (Å²) in [5.41, 5.74) is 0. The van der Waals surface area contributed by atoms with Crippen LogP contribution in [0, 0.1) is 5.92 Å². The Bertz CT molecular complexity index is 265. The summed E-state index contributed by atoms with van der Waals surface area (Å²) < 4.78 is 0. The van der Waals surface area contributed by atoms with E-state index in [2.05, 4.69) is 32.9 Å². The van der Waals surface area contributed by atoms with Crippen LogP contribution in [-0.4, -0.2) is 0 Å². The highest BCUT2D eigenvalue weighted by Gasteiger charge is 2.06. The van der Waals surface area contributed by atoms with E-state index in [0.717, 1.165) is 5.92 Å². The second kappa shape index (κ2) is 22.8. The Labute approximate surface area is 167 Å². The minimum absolute atomic E-state index is 1.00. The van der Waals surface area contributed by atoms with E-state index in [1.54, 1.807) is 0 Å². The van der Waals surface area contributed by atoms with Crippen molar-refractivity contribution in [2.45, 2.75) is 149 Å². The summed E-state index contributed by atoms with van der Waals surface area (Å²) in [6.07, 6.45) is 33.4. The Morgan fingerprint density at radius 3 is 1.46 bits per heavy atom. The van der Waals surface area contributed by atoms with Gasteiger partial charge in [0.05, 0.1) is 0 Å². The molecule has 0 aliphatic rings. The molecule has 0 rings (SSSR count). The predicted octanol–water partition coefficient (Wildman–Crippen LogP) is 10.0. The molecular formula is C26H52. The molecule has 0 heterocycles. The minimum Gasteiger partial charge on any atom is -0.0885 e. The van der Waals surface area contributed by atoms with Crippen molar-refractivity contribution in [2.75, 3.05) is 0 Å². The molecule has 1 atom stereocenters. The van der Waals surface area contributed by atoms with Crippen molar-refractivity contribution >= 4 is 0 Å². The third-order valence-corrected chi connectivity index (χ3v) is 5.79. The molecule has 156 valence electrons. The summed E-state index contributed by atoms with van der Waals surface area (Å²) in [6, 6.07) is 0. The highest BCUT2D eigenvalue weighted by molar-refractivity contribution is 4.81. The highest BCUT2D eigenvalue weighted by Crippen LogP contribution is 2.22. The Balaban J connectivity index is 3.51. The summed E-state index contributed by atoms with van der Waals surface area (Å²) in [6.45, 7) is 6.96. The van der Waals surface area contributed by atoms with E-state index in [-0.39, 0.29) is 0 Å². The van der Waals surface area contributed by atoms with E-state index >= 15 is 0 Å². The lowest BCUT2D eigenvalue weighted by Gasteiger charge is -2.15. The van der Waals surface area contributed by atoms with Gasteiger partial charge in [0.25, 0.3) is 0 Å². The van der Waals surface area contributed by atoms with Crippen molar-refractivity contribution in [3.05, 3.63) is 12.2 Å². The summed E-state index contributed by atoms with van der Waals surface area (Å²) in [4.78, 5) is 0. The highest BCUT2D eigenvalue weighted by atomic mass is 14.1. The van der Waals surface area contributed by atoms with Gasteiger partial charge in [-0.05, 0) is 31.6 Å². The van der Waals surface area contributed by atoms with Gasteiger partial charge in [-0.3, -0.25) is 0 Å². The molecule has 0 fully saturated rings. The molecule has 0 saturated carbocycles. The molecule has 0 heteroatoms. The smallest absolute Gasteiger partial charge is 0.0351 e. The first kappa shape index (κ1) is 25.7. The van der Waals surface area contributed by atoms with E-state index in [9.17, 15) is 0 Å². The Morgan fingerprint density at radius 1 is 0.423 bits per heavy atom. The normalized spacial score (nSPS) is 12.9. The van der Waals surface area contributed by atoms with Crippen LogP contribution in [0.5, 0.6) is 0 Å². The van der Waals surface area contributed by atoms with Gasteiger partial charge in [-0.1, -0.05) is 136 Å². The Morgan fingerprint density at radius 2 is 0.885 bits per heavy atom. The quantitative estimate of drug-likeness (QED) is 0.140. The van der Waals surface area contributed by atoms with Crippen LogP contribution < -0.4 is 0 Å². The molecule has 0 nitrogen and oxygen atoms in total. The second-order valence-electron chi connectivity index (χ2n) is 8.52. The van der Waals surface area contributed by atoms with Crippen LogP contribution in [-0.2, 0) is 0 Å². The fourth-order valence-electron chi connectivity index (χ4n) is 4.03. The maximum atomic E-state index is 2.46. The third-order valence-electron chi connectivity index (χ3n) is 5.79. The maximum absolute atomic E-state index is 2.46. The average molecular weight is 365 g/mol. The van der Waals surface area contributed by atoms with Gasteiger partial charge in [0, 0.05) is 0 Å². The third kappa shape index (κ3) is 20.1. The molecule has 0 saturated heterocycles. The van der Waals surface area contributed by atoms with Crippen LogP contribution in [0.2, 0.25) is 0 Å². The Hall–Kier alpha value is -0.260. The lowest BCUT2D eigenvalue weighted by atomic mass is 9.91. The molecule has 1 unspecified atom stereocenters. The average Bonchev–Trinajstić information content (AvgIpc) is 2.65. The van der Waals surface area contributed by atoms with Crippen molar-refractivity contribution in [3.63, 3.8) is 0 Å². The zero-order chi connectivity index (χ0) is 19.1. The topological polar surface area (TPSA) is 0 Å². The fourth-order valence-corrected chi connectivity index (χ4v) is 4.03. The molecule has 0 aromatic heterocycles. The molecule has 0 bridgehead atoms. The molecular weight excluding hydrogens is 312 g/mol. The zero-order valence-electron chi connectivity index (χ0n) is 18.9. The fraction of sp³-hybridized carbons (Fsp3) is 0.923. The number of hydrogen-bond acceptors (Lipinski definition) is 0. The largest absolute Gasteiger partial charge is 0.0885 e. The lowest BCUT2D eigenvalue weighted by molar-refractivity contribution is 0.386. The summed E-state index contributed by atoms with van der Waals surface area (Å²) >= 11 is 0. The van der Waals surface area contributed by atoms with Crippen molar-refractivity contribution in [2.24, 2.45) is 5.92 Å². The van der Waals surface area contributed by atoms with Crippen LogP contribution >= 0.6 is 0 Å². The first-order valence-electron chi connectivity index (χ1n) is 12.5. The molecule has 0 aliphatic heterocycles. The summed E-state index contributed by atoms with van der Waals surface area (Å²) in [7, 11) is 0. The van der Waals surface area contributed by atoms with Gasteiger partial charge >= 0.3 is 0 Å². The van der Waals surface area contributed by atoms with Crippen molar-refractivity contribution in [3.8, 4) is 0 Å². The molecule has 0 aromatic carbocycles. The zero-order valence-corrected chi connectivity index (χ0v) is 18.9.